The van der Waals surface area contributed by atoms with Crippen molar-refractivity contribution >= 4 is 11.8 Å². The molecule has 1 N–H and O–H groups in total. The summed E-state index contributed by atoms with van der Waals surface area (Å²) in [7, 11) is 2.17. The molecule has 0 amide bonds. The zero-order valence-corrected chi connectivity index (χ0v) is 14.1. The third-order valence-corrected chi connectivity index (χ3v) is 4.03. The van der Waals surface area contributed by atoms with Gasteiger partial charge in [0.1, 0.15) is 5.82 Å². The Kier molecular flexibility index (Phi) is 5.39. The van der Waals surface area contributed by atoms with Crippen molar-refractivity contribution in [1.29, 1.82) is 0 Å². The number of nitrogens with zero attached hydrogens (tertiary/aromatic N) is 4. The van der Waals surface area contributed by atoms with Crippen LogP contribution in [0.1, 0.15) is 44.4 Å². The van der Waals surface area contributed by atoms with Crippen molar-refractivity contribution in [2.24, 2.45) is 0 Å². The molecular formula is C16H29N5. The highest BCUT2D eigenvalue weighted by Gasteiger charge is 2.20. The second kappa shape index (κ2) is 7.07. The van der Waals surface area contributed by atoms with Gasteiger partial charge in [0, 0.05) is 44.0 Å². The Bertz CT molecular complexity index is 464. The lowest BCUT2D eigenvalue weighted by Gasteiger charge is -2.33. The van der Waals surface area contributed by atoms with Gasteiger partial charge in [0.05, 0.1) is 0 Å². The normalized spacial score (nSPS) is 16.6. The number of likely N-dealkylation sites (N-methyl/N-ethyl adjacent to an activating group) is 1. The molecule has 0 aliphatic carbocycles. The fourth-order valence-electron chi connectivity index (χ4n) is 2.78. The molecule has 2 heterocycles. The van der Waals surface area contributed by atoms with Crippen molar-refractivity contribution in [3.05, 3.63) is 11.3 Å². The van der Waals surface area contributed by atoms with Gasteiger partial charge in [-0.1, -0.05) is 20.8 Å². The second-order valence-corrected chi connectivity index (χ2v) is 6.24. The highest BCUT2D eigenvalue weighted by atomic mass is 15.3. The maximum Gasteiger partial charge on any atom is 0.227 e. The average molecular weight is 291 g/mol. The maximum absolute atomic E-state index is 4.83. The molecule has 0 atom stereocenters. The first-order valence-corrected chi connectivity index (χ1v) is 8.08. The van der Waals surface area contributed by atoms with Crippen LogP contribution in [0.15, 0.2) is 0 Å². The van der Waals surface area contributed by atoms with Crippen molar-refractivity contribution in [2.45, 2.75) is 40.0 Å². The highest BCUT2D eigenvalue weighted by molar-refractivity contribution is 5.52. The first-order chi connectivity index (χ1) is 10.0. The summed E-state index contributed by atoms with van der Waals surface area (Å²) in [6.07, 6.45) is 1.10. The fraction of sp³-hybridized carbons (Fsp3) is 0.750. The first kappa shape index (κ1) is 16.0. The van der Waals surface area contributed by atoms with Gasteiger partial charge in [0.15, 0.2) is 0 Å². The average Bonchev–Trinajstić information content (AvgIpc) is 2.44. The molecule has 0 saturated carbocycles. The fourth-order valence-corrected chi connectivity index (χ4v) is 2.78. The number of piperazine rings is 1. The number of anilines is 2. The molecule has 5 nitrogen and oxygen atoms in total. The van der Waals surface area contributed by atoms with Crippen LogP contribution in [0.5, 0.6) is 0 Å². The number of aromatic nitrogens is 2. The quantitative estimate of drug-likeness (QED) is 0.903. The Balaban J connectivity index is 2.28. The van der Waals surface area contributed by atoms with Crippen LogP contribution >= 0.6 is 0 Å². The van der Waals surface area contributed by atoms with Crippen LogP contribution in [0.3, 0.4) is 0 Å². The molecule has 1 aliphatic rings. The molecule has 0 spiro atoms. The number of hydrogen-bond donors (Lipinski definition) is 1. The topological polar surface area (TPSA) is 44.3 Å². The van der Waals surface area contributed by atoms with Gasteiger partial charge in [0.25, 0.3) is 0 Å². The van der Waals surface area contributed by atoms with E-state index >= 15 is 0 Å². The third kappa shape index (κ3) is 3.84. The Morgan fingerprint density at radius 1 is 1.14 bits per heavy atom. The van der Waals surface area contributed by atoms with Crippen molar-refractivity contribution in [1.82, 2.24) is 14.9 Å². The van der Waals surface area contributed by atoms with Gasteiger partial charge >= 0.3 is 0 Å². The van der Waals surface area contributed by atoms with Crippen LogP contribution in [0, 0.1) is 6.92 Å². The Morgan fingerprint density at radius 3 is 2.38 bits per heavy atom. The lowest BCUT2D eigenvalue weighted by atomic mass is 10.0. The third-order valence-electron chi connectivity index (χ3n) is 4.03. The summed E-state index contributed by atoms with van der Waals surface area (Å²) < 4.78 is 0. The van der Waals surface area contributed by atoms with E-state index < -0.39 is 0 Å². The molecule has 1 saturated heterocycles. The second-order valence-electron chi connectivity index (χ2n) is 6.24. The Labute approximate surface area is 128 Å². The molecule has 118 valence electrons. The van der Waals surface area contributed by atoms with E-state index in [1.165, 1.54) is 5.56 Å². The van der Waals surface area contributed by atoms with Gasteiger partial charge < -0.3 is 15.1 Å². The first-order valence-electron chi connectivity index (χ1n) is 8.08. The molecule has 0 unspecified atom stereocenters. The summed E-state index contributed by atoms with van der Waals surface area (Å²) in [5.41, 5.74) is 2.36. The van der Waals surface area contributed by atoms with Crippen molar-refractivity contribution in [3.63, 3.8) is 0 Å². The molecule has 1 aromatic rings. The van der Waals surface area contributed by atoms with Crippen molar-refractivity contribution in [3.8, 4) is 0 Å². The van der Waals surface area contributed by atoms with Crippen molar-refractivity contribution < 1.29 is 0 Å². The van der Waals surface area contributed by atoms with E-state index in [2.05, 4.69) is 49.9 Å². The van der Waals surface area contributed by atoms with Crippen LogP contribution in [-0.4, -0.2) is 54.6 Å². The molecule has 2 rings (SSSR count). The van der Waals surface area contributed by atoms with Gasteiger partial charge in [-0.3, -0.25) is 0 Å². The molecule has 5 heteroatoms. The van der Waals surface area contributed by atoms with Crippen LogP contribution in [-0.2, 0) is 0 Å². The Hall–Kier alpha value is -1.36. The van der Waals surface area contributed by atoms with Crippen molar-refractivity contribution in [2.75, 3.05) is 50.0 Å². The number of rotatable bonds is 5. The van der Waals surface area contributed by atoms with Crippen LogP contribution in [0.25, 0.3) is 0 Å². The predicted octanol–water partition coefficient (Wildman–Crippen LogP) is 2.48. The van der Waals surface area contributed by atoms with Gasteiger partial charge in [-0.2, -0.15) is 4.98 Å². The lowest BCUT2D eigenvalue weighted by Crippen LogP contribution is -2.45. The molecule has 0 aromatic carbocycles. The largest absolute Gasteiger partial charge is 0.370 e. The van der Waals surface area contributed by atoms with E-state index in [0.29, 0.717) is 5.92 Å². The number of hydrogen-bond acceptors (Lipinski definition) is 5. The summed E-state index contributed by atoms with van der Waals surface area (Å²) in [6, 6.07) is 0. The predicted molar refractivity (Wildman–Crippen MR) is 89.3 cm³/mol. The molecular weight excluding hydrogens is 262 g/mol. The van der Waals surface area contributed by atoms with E-state index in [-0.39, 0.29) is 0 Å². The van der Waals surface area contributed by atoms with E-state index in [9.17, 15) is 0 Å². The molecule has 1 aliphatic heterocycles. The maximum atomic E-state index is 4.83. The van der Waals surface area contributed by atoms with Gasteiger partial charge in [-0.15, -0.1) is 0 Å². The minimum atomic E-state index is 0.436. The summed E-state index contributed by atoms with van der Waals surface area (Å²) in [6.45, 7) is 13.8. The van der Waals surface area contributed by atoms with E-state index in [0.717, 1.165) is 56.6 Å². The highest BCUT2D eigenvalue weighted by Crippen LogP contribution is 2.27. The summed E-state index contributed by atoms with van der Waals surface area (Å²) in [5, 5.41) is 3.49. The van der Waals surface area contributed by atoms with Gasteiger partial charge in [-0.05, 0) is 26.3 Å². The van der Waals surface area contributed by atoms with Gasteiger partial charge in [-0.25, -0.2) is 4.98 Å². The molecule has 21 heavy (non-hydrogen) atoms. The van der Waals surface area contributed by atoms with Crippen LogP contribution < -0.4 is 10.2 Å². The molecule has 1 fully saturated rings. The SMILES string of the molecule is CCCNc1nc(N2CCN(C)CC2)nc(C)c1C(C)C. The van der Waals surface area contributed by atoms with Crippen LogP contribution in [0.2, 0.25) is 0 Å². The molecule has 0 bridgehead atoms. The monoisotopic (exact) mass is 291 g/mol. The standard InChI is InChI=1S/C16H29N5/c1-6-7-17-15-14(12(2)3)13(4)18-16(19-15)21-10-8-20(5)9-11-21/h12H,6-11H2,1-5H3,(H,17,18,19). The summed E-state index contributed by atoms with van der Waals surface area (Å²) in [4.78, 5) is 14.2. The Morgan fingerprint density at radius 2 is 1.81 bits per heavy atom. The lowest BCUT2D eigenvalue weighted by molar-refractivity contribution is 0.311. The van der Waals surface area contributed by atoms with E-state index in [4.69, 9.17) is 9.97 Å². The molecule has 0 radical (unpaired) electrons. The minimum absolute atomic E-state index is 0.436. The zero-order chi connectivity index (χ0) is 15.4. The summed E-state index contributed by atoms with van der Waals surface area (Å²) in [5.74, 6) is 2.34. The zero-order valence-electron chi connectivity index (χ0n) is 14.1. The number of nitrogens with one attached hydrogen (secondary N) is 1. The minimum Gasteiger partial charge on any atom is -0.370 e. The summed E-state index contributed by atoms with van der Waals surface area (Å²) >= 11 is 0. The van der Waals surface area contributed by atoms with Crippen LogP contribution in [0.4, 0.5) is 11.8 Å². The van der Waals surface area contributed by atoms with E-state index in [1.54, 1.807) is 0 Å². The van der Waals surface area contributed by atoms with Gasteiger partial charge in [0.2, 0.25) is 5.95 Å². The van der Waals surface area contributed by atoms with E-state index in [1.807, 2.05) is 0 Å². The number of aryl methyl sites for hydroxylation is 1. The smallest absolute Gasteiger partial charge is 0.227 e. The molecule has 1 aromatic heterocycles.